The van der Waals surface area contributed by atoms with Crippen molar-refractivity contribution < 1.29 is 13.2 Å². The first-order chi connectivity index (χ1) is 11.5. The van der Waals surface area contributed by atoms with Crippen LogP contribution in [0.3, 0.4) is 0 Å². The minimum Gasteiger partial charge on any atom is -0.340 e. The molecule has 5 nitrogen and oxygen atoms in total. The maximum absolute atomic E-state index is 12.7. The fourth-order valence-corrected chi connectivity index (χ4v) is 6.59. The van der Waals surface area contributed by atoms with Crippen molar-refractivity contribution in [3.63, 3.8) is 0 Å². The maximum atomic E-state index is 12.7. The molecule has 1 spiro atoms. The molecule has 0 aromatic heterocycles. The van der Waals surface area contributed by atoms with Gasteiger partial charge in [0, 0.05) is 26.2 Å². The summed E-state index contributed by atoms with van der Waals surface area (Å²) in [5.41, 5.74) is 1.13. The molecule has 3 fully saturated rings. The van der Waals surface area contributed by atoms with Crippen molar-refractivity contribution in [1.82, 2.24) is 9.21 Å². The van der Waals surface area contributed by atoms with Crippen LogP contribution in [0.15, 0.2) is 30.3 Å². The van der Waals surface area contributed by atoms with Crippen molar-refractivity contribution in [3.05, 3.63) is 35.9 Å². The second kappa shape index (κ2) is 5.85. The summed E-state index contributed by atoms with van der Waals surface area (Å²) in [7, 11) is -3.17. The van der Waals surface area contributed by atoms with Gasteiger partial charge in [0.1, 0.15) is 0 Å². The van der Waals surface area contributed by atoms with Gasteiger partial charge in [0.05, 0.1) is 11.7 Å². The van der Waals surface area contributed by atoms with E-state index in [-0.39, 0.29) is 16.6 Å². The third kappa shape index (κ3) is 2.75. The fourth-order valence-electron chi connectivity index (χ4n) is 4.14. The molecule has 1 aromatic carbocycles. The number of hydrogen-bond acceptors (Lipinski definition) is 3. The monoisotopic (exact) mass is 348 g/mol. The van der Waals surface area contributed by atoms with E-state index in [1.165, 1.54) is 6.42 Å². The van der Waals surface area contributed by atoms with Gasteiger partial charge >= 0.3 is 0 Å². The first-order valence-corrected chi connectivity index (χ1v) is 10.3. The predicted molar refractivity (Wildman–Crippen MR) is 91.9 cm³/mol. The molecule has 6 heteroatoms. The van der Waals surface area contributed by atoms with Crippen LogP contribution in [0, 0.1) is 5.41 Å². The molecule has 0 bridgehead atoms. The van der Waals surface area contributed by atoms with Crippen molar-refractivity contribution in [2.24, 2.45) is 5.41 Å². The Balaban J connectivity index is 1.33. The number of hydrogen-bond donors (Lipinski definition) is 0. The second-order valence-electron chi connectivity index (χ2n) is 7.40. The Morgan fingerprint density at radius 2 is 1.75 bits per heavy atom. The van der Waals surface area contributed by atoms with Crippen molar-refractivity contribution in [2.45, 2.75) is 37.4 Å². The van der Waals surface area contributed by atoms with E-state index in [0.29, 0.717) is 32.6 Å². The number of nitrogens with zero attached hydrogens (tertiary/aromatic N) is 2. The van der Waals surface area contributed by atoms with Gasteiger partial charge in [0.2, 0.25) is 15.9 Å². The lowest BCUT2D eigenvalue weighted by Gasteiger charge is -2.35. The predicted octanol–water partition coefficient (Wildman–Crippen LogP) is 1.65. The first-order valence-electron chi connectivity index (χ1n) is 8.82. The van der Waals surface area contributed by atoms with Crippen LogP contribution < -0.4 is 0 Å². The Morgan fingerprint density at radius 3 is 2.29 bits per heavy atom. The van der Waals surface area contributed by atoms with Gasteiger partial charge in [-0.1, -0.05) is 36.8 Å². The Kier molecular flexibility index (Phi) is 3.92. The minimum absolute atomic E-state index is 0.0835. The molecule has 130 valence electrons. The number of carbonyl (C=O) groups excluding carboxylic acids is 1. The van der Waals surface area contributed by atoms with Crippen molar-refractivity contribution in [1.29, 1.82) is 0 Å². The Morgan fingerprint density at radius 1 is 1.08 bits per heavy atom. The van der Waals surface area contributed by atoms with Crippen LogP contribution in [0.1, 0.15) is 31.2 Å². The molecule has 0 N–H and O–H groups in total. The highest BCUT2D eigenvalue weighted by atomic mass is 32.2. The van der Waals surface area contributed by atoms with Crippen LogP contribution in [-0.2, 0) is 21.2 Å². The zero-order valence-corrected chi connectivity index (χ0v) is 14.7. The smallest absolute Gasteiger partial charge is 0.227 e. The Hall–Kier alpha value is -1.40. The molecule has 4 rings (SSSR count). The minimum atomic E-state index is -3.17. The van der Waals surface area contributed by atoms with Gasteiger partial charge in [0.15, 0.2) is 0 Å². The summed E-state index contributed by atoms with van der Waals surface area (Å²) in [6.07, 6.45) is 4.56. The van der Waals surface area contributed by atoms with Crippen molar-refractivity contribution in [3.8, 4) is 0 Å². The van der Waals surface area contributed by atoms with Crippen LogP contribution in [0.25, 0.3) is 0 Å². The molecule has 1 aliphatic heterocycles. The van der Waals surface area contributed by atoms with Crippen molar-refractivity contribution in [2.75, 3.05) is 26.2 Å². The van der Waals surface area contributed by atoms with Crippen LogP contribution >= 0.6 is 0 Å². The topological polar surface area (TPSA) is 57.7 Å². The van der Waals surface area contributed by atoms with Gasteiger partial charge in [-0.25, -0.2) is 8.42 Å². The lowest BCUT2D eigenvalue weighted by atomic mass is 9.82. The Bertz CT molecular complexity index is 720. The summed E-state index contributed by atoms with van der Waals surface area (Å²) >= 11 is 0. The van der Waals surface area contributed by atoms with Gasteiger partial charge in [-0.3, -0.25) is 4.79 Å². The van der Waals surface area contributed by atoms with Gasteiger partial charge in [0.25, 0.3) is 0 Å². The first kappa shape index (κ1) is 16.1. The van der Waals surface area contributed by atoms with E-state index in [4.69, 9.17) is 0 Å². The van der Waals surface area contributed by atoms with Crippen LogP contribution in [0.4, 0.5) is 0 Å². The molecular weight excluding hydrogens is 324 g/mol. The summed E-state index contributed by atoms with van der Waals surface area (Å²) < 4.78 is 27.1. The number of benzene rings is 1. The molecule has 24 heavy (non-hydrogen) atoms. The molecule has 2 saturated carbocycles. The lowest BCUT2D eigenvalue weighted by Crippen LogP contribution is -2.52. The highest BCUT2D eigenvalue weighted by molar-refractivity contribution is 7.90. The van der Waals surface area contributed by atoms with Gasteiger partial charge < -0.3 is 4.90 Å². The third-order valence-electron chi connectivity index (χ3n) is 5.97. The SMILES string of the molecule is O=C(Cc1ccccc1)N1CCN(S(=O)(=O)C2CC23CCC3)CC1. The molecule has 1 unspecified atom stereocenters. The van der Waals surface area contributed by atoms with E-state index in [1.807, 2.05) is 30.3 Å². The average Bonchev–Trinajstić information content (AvgIpc) is 3.33. The van der Waals surface area contributed by atoms with E-state index < -0.39 is 10.0 Å². The van der Waals surface area contributed by atoms with Crippen LogP contribution in [0.2, 0.25) is 0 Å². The molecule has 2 aliphatic carbocycles. The molecule has 1 saturated heterocycles. The number of rotatable bonds is 4. The largest absolute Gasteiger partial charge is 0.340 e. The summed E-state index contributed by atoms with van der Waals surface area (Å²) in [5, 5.41) is -0.148. The van der Waals surface area contributed by atoms with Gasteiger partial charge in [-0.15, -0.1) is 0 Å². The highest BCUT2D eigenvalue weighted by Crippen LogP contribution is 2.64. The third-order valence-corrected chi connectivity index (χ3v) is 8.44. The average molecular weight is 348 g/mol. The Labute approximate surface area is 143 Å². The molecule has 1 aromatic rings. The molecule has 3 aliphatic rings. The van der Waals surface area contributed by atoms with E-state index in [2.05, 4.69) is 0 Å². The normalized spacial score (nSPS) is 26.2. The van der Waals surface area contributed by atoms with Crippen molar-refractivity contribution >= 4 is 15.9 Å². The maximum Gasteiger partial charge on any atom is 0.227 e. The summed E-state index contributed by atoms with van der Waals surface area (Å²) in [5.74, 6) is 0.0835. The van der Waals surface area contributed by atoms with Gasteiger partial charge in [-0.05, 0) is 30.2 Å². The number of sulfonamides is 1. The van der Waals surface area contributed by atoms with Gasteiger partial charge in [-0.2, -0.15) is 4.31 Å². The van der Waals surface area contributed by atoms with Crippen LogP contribution in [-0.4, -0.2) is 55.0 Å². The number of carbonyl (C=O) groups is 1. The molecule has 1 heterocycles. The standard InChI is InChI=1S/C18H24N2O3S/c21-17(13-15-5-2-1-3-6-15)19-9-11-20(12-10-19)24(22,23)16-14-18(16)7-4-8-18/h1-3,5-6,16H,4,7-14H2. The zero-order valence-electron chi connectivity index (χ0n) is 13.9. The highest BCUT2D eigenvalue weighted by Gasteiger charge is 2.64. The van der Waals surface area contributed by atoms with E-state index in [0.717, 1.165) is 24.8 Å². The zero-order chi connectivity index (χ0) is 16.8. The summed E-state index contributed by atoms with van der Waals surface area (Å²) in [6.45, 7) is 1.89. The second-order valence-corrected chi connectivity index (χ2v) is 9.51. The summed E-state index contributed by atoms with van der Waals surface area (Å²) in [4.78, 5) is 14.2. The van der Waals surface area contributed by atoms with E-state index in [1.54, 1.807) is 9.21 Å². The molecular formula is C18H24N2O3S. The quantitative estimate of drug-likeness (QED) is 0.831. The molecule has 1 amide bonds. The van der Waals surface area contributed by atoms with E-state index >= 15 is 0 Å². The molecule has 0 radical (unpaired) electrons. The van der Waals surface area contributed by atoms with E-state index in [9.17, 15) is 13.2 Å². The van der Waals surface area contributed by atoms with Crippen LogP contribution in [0.5, 0.6) is 0 Å². The number of amides is 1. The lowest BCUT2D eigenvalue weighted by molar-refractivity contribution is -0.131. The molecule has 1 atom stereocenters. The number of piperazine rings is 1. The summed E-state index contributed by atoms with van der Waals surface area (Å²) in [6, 6.07) is 9.69. The fraction of sp³-hybridized carbons (Fsp3) is 0.611.